The predicted molar refractivity (Wildman–Crippen MR) is 120 cm³/mol. The van der Waals surface area contributed by atoms with Crippen molar-refractivity contribution in [2.24, 2.45) is 0 Å². The Kier molecular flexibility index (Phi) is 8.33. The van der Waals surface area contributed by atoms with Crippen LogP contribution in [-0.2, 0) is 20.9 Å². The van der Waals surface area contributed by atoms with Gasteiger partial charge in [0.15, 0.2) is 5.82 Å². The molecular formula is C21H32N4O5S. The second kappa shape index (κ2) is 10.3. The number of esters is 1. The summed E-state index contributed by atoms with van der Waals surface area (Å²) >= 11 is 1.26. The summed E-state index contributed by atoms with van der Waals surface area (Å²) in [5, 5.41) is 0.695. The molecule has 2 aromatic rings. The van der Waals surface area contributed by atoms with Gasteiger partial charge in [0, 0.05) is 20.2 Å². The maximum absolute atomic E-state index is 13.5. The molecule has 0 aliphatic heterocycles. The number of fused-ring (bicyclic) bond motifs is 1. The van der Waals surface area contributed by atoms with E-state index in [0.717, 1.165) is 5.56 Å². The summed E-state index contributed by atoms with van der Waals surface area (Å²) < 4.78 is 16.0. The largest absolute Gasteiger partial charge is 0.480 e. The number of hydrogen-bond acceptors (Lipinski definition) is 9. The number of carbonyl (C=O) groups is 2. The van der Waals surface area contributed by atoms with E-state index in [1.165, 1.54) is 23.3 Å². The van der Waals surface area contributed by atoms with Crippen LogP contribution in [-0.4, -0.2) is 85.2 Å². The van der Waals surface area contributed by atoms with Gasteiger partial charge in [0.2, 0.25) is 5.88 Å². The molecule has 10 heteroatoms. The van der Waals surface area contributed by atoms with Crippen LogP contribution in [0.25, 0.3) is 10.2 Å². The molecule has 0 bridgehead atoms. The molecule has 1 amide bonds. The highest BCUT2D eigenvalue weighted by molar-refractivity contribution is 7.20. The molecule has 0 saturated heterocycles. The molecular weight excluding hydrogens is 420 g/mol. The third-order valence-corrected chi connectivity index (χ3v) is 5.48. The number of amides is 1. The van der Waals surface area contributed by atoms with Gasteiger partial charge in [-0.25, -0.2) is 4.98 Å². The fraction of sp³-hybridized carbons (Fsp3) is 0.619. The first-order valence-corrected chi connectivity index (χ1v) is 10.8. The molecule has 0 radical (unpaired) electrons. The van der Waals surface area contributed by atoms with E-state index in [-0.39, 0.29) is 19.1 Å². The first-order valence-electron chi connectivity index (χ1n) is 9.95. The van der Waals surface area contributed by atoms with Crippen molar-refractivity contribution in [2.45, 2.75) is 39.9 Å². The number of aryl methyl sites for hydroxylation is 1. The minimum atomic E-state index is -0.623. The maximum atomic E-state index is 13.5. The lowest BCUT2D eigenvalue weighted by Gasteiger charge is -2.26. The Morgan fingerprint density at radius 2 is 1.77 bits per heavy atom. The smallest absolute Gasteiger partial charge is 0.326 e. The van der Waals surface area contributed by atoms with Crippen molar-refractivity contribution >= 4 is 33.4 Å². The second-order valence-corrected chi connectivity index (χ2v) is 9.43. The quantitative estimate of drug-likeness (QED) is 0.536. The van der Waals surface area contributed by atoms with Gasteiger partial charge in [-0.15, -0.1) is 11.3 Å². The number of rotatable bonds is 9. The number of likely N-dealkylation sites (N-methyl/N-ethyl adjacent to an activating group) is 1. The van der Waals surface area contributed by atoms with E-state index >= 15 is 0 Å². The van der Waals surface area contributed by atoms with Crippen molar-refractivity contribution < 1.29 is 23.8 Å². The third kappa shape index (κ3) is 6.59. The molecule has 9 nitrogen and oxygen atoms in total. The lowest BCUT2D eigenvalue weighted by Crippen LogP contribution is -2.41. The molecule has 0 unspecified atom stereocenters. The Bertz CT molecular complexity index is 936. The molecule has 172 valence electrons. The number of ether oxygens (including phenoxy) is 3. The number of nitrogens with zero attached hydrogens (tertiary/aromatic N) is 4. The number of thiophene rings is 1. The molecule has 2 rings (SSSR count). The summed E-state index contributed by atoms with van der Waals surface area (Å²) in [4.78, 5) is 39.4. The highest BCUT2D eigenvalue weighted by Crippen LogP contribution is 2.35. The van der Waals surface area contributed by atoms with Crippen LogP contribution in [0, 0.1) is 6.92 Å². The van der Waals surface area contributed by atoms with Gasteiger partial charge in [0.1, 0.15) is 23.6 Å². The van der Waals surface area contributed by atoms with Crippen LogP contribution in [0.1, 0.15) is 41.8 Å². The average Bonchev–Trinajstić information content (AvgIpc) is 2.99. The summed E-state index contributed by atoms with van der Waals surface area (Å²) in [6.45, 7) is 8.35. The van der Waals surface area contributed by atoms with E-state index in [9.17, 15) is 9.59 Å². The molecule has 2 aromatic heterocycles. The zero-order chi connectivity index (χ0) is 23.3. The van der Waals surface area contributed by atoms with Crippen molar-refractivity contribution in [1.29, 1.82) is 0 Å². The minimum Gasteiger partial charge on any atom is -0.480 e. The van der Waals surface area contributed by atoms with Crippen LogP contribution in [0.4, 0.5) is 0 Å². The topological polar surface area (TPSA) is 94.1 Å². The standard InChI is InChI=1S/C21H32N4O5S/c1-13-16-18(29-8)22-14(12-28-7)23-19(16)31-17(13)20(27)25(10-9-24(5)6)11-15(26)30-21(2,3)4/h9-12H2,1-8H3. The lowest BCUT2D eigenvalue weighted by atomic mass is 10.2. The Balaban J connectivity index is 2.42. The summed E-state index contributed by atoms with van der Waals surface area (Å²) in [5.41, 5.74) is 0.103. The fourth-order valence-corrected chi connectivity index (χ4v) is 4.09. The first kappa shape index (κ1) is 25.0. The zero-order valence-electron chi connectivity index (χ0n) is 19.6. The Morgan fingerprint density at radius 3 is 2.32 bits per heavy atom. The van der Waals surface area contributed by atoms with Crippen molar-refractivity contribution in [3.05, 3.63) is 16.3 Å². The van der Waals surface area contributed by atoms with Gasteiger partial charge < -0.3 is 24.0 Å². The van der Waals surface area contributed by atoms with Gasteiger partial charge >= 0.3 is 5.97 Å². The number of carbonyl (C=O) groups excluding carboxylic acids is 2. The van der Waals surface area contributed by atoms with E-state index in [1.807, 2.05) is 25.9 Å². The molecule has 31 heavy (non-hydrogen) atoms. The molecule has 2 heterocycles. The number of methoxy groups -OCH3 is 2. The maximum Gasteiger partial charge on any atom is 0.326 e. The van der Waals surface area contributed by atoms with Crippen LogP contribution in [0.5, 0.6) is 5.88 Å². The van der Waals surface area contributed by atoms with Gasteiger partial charge in [-0.3, -0.25) is 9.59 Å². The first-order chi connectivity index (χ1) is 14.5. The normalized spacial score (nSPS) is 11.8. The Morgan fingerprint density at radius 1 is 1.10 bits per heavy atom. The summed E-state index contributed by atoms with van der Waals surface area (Å²) in [6, 6.07) is 0. The van der Waals surface area contributed by atoms with Crippen molar-refractivity contribution in [2.75, 3.05) is 47.9 Å². The van der Waals surface area contributed by atoms with E-state index < -0.39 is 11.6 Å². The van der Waals surface area contributed by atoms with Crippen LogP contribution >= 0.6 is 11.3 Å². The predicted octanol–water partition coefficient (Wildman–Crippen LogP) is 2.50. The zero-order valence-corrected chi connectivity index (χ0v) is 20.4. The summed E-state index contributed by atoms with van der Waals surface area (Å²) in [7, 11) is 6.92. The van der Waals surface area contributed by atoms with Crippen molar-refractivity contribution in [1.82, 2.24) is 19.8 Å². The molecule has 0 saturated carbocycles. The molecule has 0 N–H and O–H groups in total. The number of hydrogen-bond donors (Lipinski definition) is 0. The Labute approximate surface area is 187 Å². The van der Waals surface area contributed by atoms with Crippen LogP contribution in [0.3, 0.4) is 0 Å². The molecule has 0 aliphatic rings. The second-order valence-electron chi connectivity index (χ2n) is 8.43. The summed E-state index contributed by atoms with van der Waals surface area (Å²) in [5.74, 6) is 0.184. The van der Waals surface area contributed by atoms with Crippen LogP contribution in [0.2, 0.25) is 0 Å². The monoisotopic (exact) mass is 452 g/mol. The SMILES string of the molecule is COCc1nc(OC)c2c(C)c(C(=O)N(CCN(C)C)CC(=O)OC(C)(C)C)sc2n1. The molecule has 0 fully saturated rings. The minimum absolute atomic E-state index is 0.130. The van der Waals surface area contributed by atoms with Crippen LogP contribution < -0.4 is 4.74 Å². The molecule has 0 aromatic carbocycles. The van der Waals surface area contributed by atoms with Crippen LogP contribution in [0.15, 0.2) is 0 Å². The van der Waals surface area contributed by atoms with Crippen molar-refractivity contribution in [3.8, 4) is 5.88 Å². The molecule has 0 spiro atoms. The highest BCUT2D eigenvalue weighted by Gasteiger charge is 2.27. The van der Waals surface area contributed by atoms with E-state index in [2.05, 4.69) is 9.97 Å². The van der Waals surface area contributed by atoms with Gasteiger partial charge in [-0.05, 0) is 47.4 Å². The van der Waals surface area contributed by atoms with E-state index in [0.29, 0.717) is 39.9 Å². The van der Waals surface area contributed by atoms with Gasteiger partial charge in [0.05, 0.1) is 17.4 Å². The highest BCUT2D eigenvalue weighted by atomic mass is 32.1. The summed E-state index contributed by atoms with van der Waals surface area (Å²) in [6.07, 6.45) is 0. The number of aromatic nitrogens is 2. The average molecular weight is 453 g/mol. The van der Waals surface area contributed by atoms with Crippen molar-refractivity contribution in [3.63, 3.8) is 0 Å². The molecule has 0 atom stereocenters. The van der Waals surface area contributed by atoms with Gasteiger partial charge in [-0.2, -0.15) is 4.98 Å². The lowest BCUT2D eigenvalue weighted by molar-refractivity contribution is -0.155. The van der Waals surface area contributed by atoms with E-state index in [1.54, 1.807) is 27.9 Å². The third-order valence-electron chi connectivity index (χ3n) is 4.31. The Hall–Kier alpha value is -2.30. The fourth-order valence-electron chi connectivity index (χ4n) is 2.94. The van der Waals surface area contributed by atoms with Gasteiger partial charge in [-0.1, -0.05) is 0 Å². The molecule has 0 aliphatic carbocycles. The van der Waals surface area contributed by atoms with Gasteiger partial charge in [0.25, 0.3) is 5.91 Å². The van der Waals surface area contributed by atoms with E-state index in [4.69, 9.17) is 14.2 Å².